The average Bonchev–Trinajstić information content (AvgIpc) is 2.79. The van der Waals surface area contributed by atoms with Crippen molar-refractivity contribution in [3.63, 3.8) is 0 Å². The SMILES string of the molecule is NCCc1csc(CCOc2ccccc2)n1. The zero-order valence-electron chi connectivity index (χ0n) is 9.63. The molecule has 2 rings (SSSR count). The van der Waals surface area contributed by atoms with E-state index in [0.29, 0.717) is 13.2 Å². The quantitative estimate of drug-likeness (QED) is 0.853. The molecule has 1 heterocycles. The predicted molar refractivity (Wildman–Crippen MR) is 70.5 cm³/mol. The molecule has 0 aliphatic rings. The molecule has 0 unspecified atom stereocenters. The van der Waals surface area contributed by atoms with Crippen LogP contribution >= 0.6 is 11.3 Å². The van der Waals surface area contributed by atoms with Gasteiger partial charge in [0.25, 0.3) is 0 Å². The summed E-state index contributed by atoms with van der Waals surface area (Å²) in [5.41, 5.74) is 6.58. The van der Waals surface area contributed by atoms with Gasteiger partial charge in [0.1, 0.15) is 5.75 Å². The van der Waals surface area contributed by atoms with E-state index in [9.17, 15) is 0 Å². The minimum absolute atomic E-state index is 0.656. The zero-order valence-corrected chi connectivity index (χ0v) is 10.5. The normalized spacial score (nSPS) is 10.4. The average molecular weight is 248 g/mol. The van der Waals surface area contributed by atoms with E-state index in [1.807, 2.05) is 30.3 Å². The molecule has 4 heteroatoms. The molecule has 2 aromatic rings. The fraction of sp³-hybridized carbons (Fsp3) is 0.308. The van der Waals surface area contributed by atoms with Gasteiger partial charge in [-0.2, -0.15) is 0 Å². The Kier molecular flexibility index (Phi) is 4.53. The molecule has 0 atom stereocenters. The van der Waals surface area contributed by atoms with E-state index in [-0.39, 0.29) is 0 Å². The first-order chi connectivity index (χ1) is 8.38. The van der Waals surface area contributed by atoms with Crippen LogP contribution in [0.4, 0.5) is 0 Å². The second-order valence-electron chi connectivity index (χ2n) is 3.68. The van der Waals surface area contributed by atoms with E-state index in [1.165, 1.54) is 0 Å². The molecule has 0 amide bonds. The second kappa shape index (κ2) is 6.37. The lowest BCUT2D eigenvalue weighted by molar-refractivity contribution is 0.321. The van der Waals surface area contributed by atoms with Crippen LogP contribution in [0.5, 0.6) is 5.75 Å². The van der Waals surface area contributed by atoms with Crippen LogP contribution in [0.25, 0.3) is 0 Å². The molecule has 90 valence electrons. The highest BCUT2D eigenvalue weighted by Gasteiger charge is 2.01. The van der Waals surface area contributed by atoms with Crippen LogP contribution in [0.1, 0.15) is 10.7 Å². The van der Waals surface area contributed by atoms with Gasteiger partial charge in [-0.25, -0.2) is 4.98 Å². The van der Waals surface area contributed by atoms with Crippen molar-refractivity contribution in [2.24, 2.45) is 5.73 Å². The summed E-state index contributed by atoms with van der Waals surface area (Å²) in [6.45, 7) is 1.32. The van der Waals surface area contributed by atoms with Gasteiger partial charge in [0, 0.05) is 18.2 Å². The number of hydrogen-bond acceptors (Lipinski definition) is 4. The van der Waals surface area contributed by atoms with Crippen LogP contribution < -0.4 is 10.5 Å². The Morgan fingerprint density at radius 1 is 1.18 bits per heavy atom. The van der Waals surface area contributed by atoms with Crippen molar-refractivity contribution in [2.75, 3.05) is 13.2 Å². The fourth-order valence-corrected chi connectivity index (χ4v) is 2.31. The zero-order chi connectivity index (χ0) is 11.9. The maximum absolute atomic E-state index is 5.62. The van der Waals surface area contributed by atoms with Crippen molar-refractivity contribution in [2.45, 2.75) is 12.8 Å². The van der Waals surface area contributed by atoms with E-state index in [4.69, 9.17) is 10.5 Å². The molecule has 1 aromatic heterocycles. The minimum atomic E-state index is 0.656. The van der Waals surface area contributed by atoms with Gasteiger partial charge in [-0.1, -0.05) is 18.2 Å². The molecule has 2 N–H and O–H groups in total. The van der Waals surface area contributed by atoms with Gasteiger partial charge in [0.2, 0.25) is 0 Å². The first-order valence-electron chi connectivity index (χ1n) is 5.69. The van der Waals surface area contributed by atoms with Crippen molar-refractivity contribution < 1.29 is 4.74 Å². The van der Waals surface area contributed by atoms with E-state index in [1.54, 1.807) is 11.3 Å². The van der Waals surface area contributed by atoms with Crippen molar-refractivity contribution >= 4 is 11.3 Å². The molecule has 1 aromatic carbocycles. The Morgan fingerprint density at radius 2 is 2.00 bits per heavy atom. The van der Waals surface area contributed by atoms with E-state index in [2.05, 4.69) is 10.4 Å². The second-order valence-corrected chi connectivity index (χ2v) is 4.63. The summed E-state index contributed by atoms with van der Waals surface area (Å²) in [4.78, 5) is 4.49. The number of nitrogens with two attached hydrogens (primary N) is 1. The highest BCUT2D eigenvalue weighted by atomic mass is 32.1. The third kappa shape index (κ3) is 3.84. The van der Waals surface area contributed by atoms with Crippen LogP contribution in [0.3, 0.4) is 0 Å². The highest BCUT2D eigenvalue weighted by molar-refractivity contribution is 7.09. The summed E-state index contributed by atoms with van der Waals surface area (Å²) in [6, 6.07) is 9.84. The van der Waals surface area contributed by atoms with E-state index in [0.717, 1.165) is 29.3 Å². The van der Waals surface area contributed by atoms with Crippen LogP contribution in [-0.2, 0) is 12.8 Å². The largest absolute Gasteiger partial charge is 0.493 e. The molecule has 0 saturated carbocycles. The summed E-state index contributed by atoms with van der Waals surface area (Å²) < 4.78 is 5.62. The minimum Gasteiger partial charge on any atom is -0.493 e. The Morgan fingerprint density at radius 3 is 2.76 bits per heavy atom. The van der Waals surface area contributed by atoms with Gasteiger partial charge in [0.05, 0.1) is 17.3 Å². The number of hydrogen-bond donors (Lipinski definition) is 1. The molecular weight excluding hydrogens is 232 g/mol. The van der Waals surface area contributed by atoms with Crippen LogP contribution in [0.15, 0.2) is 35.7 Å². The number of ether oxygens (including phenoxy) is 1. The summed E-state index contributed by atoms with van der Waals surface area (Å²) in [5, 5.41) is 3.19. The van der Waals surface area contributed by atoms with Gasteiger partial charge in [0.15, 0.2) is 0 Å². The number of benzene rings is 1. The lowest BCUT2D eigenvalue weighted by Gasteiger charge is -2.03. The maximum atomic E-state index is 5.62. The van der Waals surface area contributed by atoms with Gasteiger partial charge < -0.3 is 10.5 Å². The first kappa shape index (κ1) is 12.1. The Bertz CT molecular complexity index is 442. The van der Waals surface area contributed by atoms with E-state index < -0.39 is 0 Å². The van der Waals surface area contributed by atoms with Crippen molar-refractivity contribution in [1.29, 1.82) is 0 Å². The first-order valence-corrected chi connectivity index (χ1v) is 6.57. The van der Waals surface area contributed by atoms with Crippen LogP contribution in [0, 0.1) is 0 Å². The Labute approximate surface area is 105 Å². The molecule has 0 fully saturated rings. The van der Waals surface area contributed by atoms with Gasteiger partial charge in [-0.15, -0.1) is 11.3 Å². The molecule has 17 heavy (non-hydrogen) atoms. The molecule has 3 nitrogen and oxygen atoms in total. The van der Waals surface area contributed by atoms with Crippen LogP contribution in [0.2, 0.25) is 0 Å². The summed E-state index contributed by atoms with van der Waals surface area (Å²) in [6.07, 6.45) is 1.71. The Balaban J connectivity index is 1.78. The Hall–Kier alpha value is -1.39. The third-order valence-electron chi connectivity index (χ3n) is 2.33. The van der Waals surface area contributed by atoms with Gasteiger partial charge in [-0.05, 0) is 18.7 Å². The van der Waals surface area contributed by atoms with Crippen molar-refractivity contribution in [3.05, 3.63) is 46.4 Å². The molecule has 0 aliphatic heterocycles. The standard InChI is InChI=1S/C13H16N2OS/c14-8-6-11-10-17-13(15-11)7-9-16-12-4-2-1-3-5-12/h1-5,10H,6-9,14H2. The lowest BCUT2D eigenvalue weighted by atomic mass is 10.3. The number of para-hydroxylation sites is 1. The molecule has 0 bridgehead atoms. The fourth-order valence-electron chi connectivity index (χ4n) is 1.50. The highest BCUT2D eigenvalue weighted by Crippen LogP contribution is 2.12. The van der Waals surface area contributed by atoms with Crippen molar-refractivity contribution in [1.82, 2.24) is 4.98 Å². The van der Waals surface area contributed by atoms with E-state index >= 15 is 0 Å². The molecule has 0 aliphatic carbocycles. The number of rotatable bonds is 6. The topological polar surface area (TPSA) is 48.1 Å². The van der Waals surface area contributed by atoms with Crippen molar-refractivity contribution in [3.8, 4) is 5.75 Å². The monoisotopic (exact) mass is 248 g/mol. The third-order valence-corrected chi connectivity index (χ3v) is 3.29. The molecule has 0 spiro atoms. The summed E-state index contributed by atoms with van der Waals surface area (Å²) in [5.74, 6) is 0.909. The maximum Gasteiger partial charge on any atom is 0.119 e. The molecular formula is C13H16N2OS. The van der Waals surface area contributed by atoms with Gasteiger partial charge in [-0.3, -0.25) is 0 Å². The van der Waals surface area contributed by atoms with Gasteiger partial charge >= 0.3 is 0 Å². The smallest absolute Gasteiger partial charge is 0.119 e. The molecule has 0 radical (unpaired) electrons. The number of aromatic nitrogens is 1. The number of nitrogens with zero attached hydrogens (tertiary/aromatic N) is 1. The summed E-state index contributed by atoms with van der Waals surface area (Å²) in [7, 11) is 0. The predicted octanol–water partition coefficient (Wildman–Crippen LogP) is 2.27. The van der Waals surface area contributed by atoms with Crippen LogP contribution in [-0.4, -0.2) is 18.1 Å². The summed E-state index contributed by atoms with van der Waals surface area (Å²) >= 11 is 1.68. The lowest BCUT2D eigenvalue weighted by Crippen LogP contribution is -2.04. The molecule has 0 saturated heterocycles. The number of thiazole rings is 1.